The number of thioether (sulfide) groups is 1. The molecule has 0 unspecified atom stereocenters. The summed E-state index contributed by atoms with van der Waals surface area (Å²) in [4.78, 5) is 16.7. The highest BCUT2D eigenvalue weighted by Gasteiger charge is 2.72. The molecule has 0 amide bonds. The predicted molar refractivity (Wildman–Crippen MR) is 133 cm³/mol. The topological polar surface area (TPSA) is 54.0 Å². The summed E-state index contributed by atoms with van der Waals surface area (Å²) in [6.07, 6.45) is 2.02. The first kappa shape index (κ1) is 30.6. The lowest BCUT2D eigenvalue weighted by Gasteiger charge is -2.61. The van der Waals surface area contributed by atoms with E-state index in [2.05, 4.69) is 23.1 Å². The molecule has 4 aliphatic rings. The zero-order chi connectivity index (χ0) is 28.7. The third kappa shape index (κ3) is 6.62. The van der Waals surface area contributed by atoms with E-state index in [1.807, 2.05) is 0 Å². The number of hydrogen-bond acceptors (Lipinski definition) is 7. The maximum atomic E-state index is 13.2. The zero-order valence-corrected chi connectivity index (χ0v) is 23.5. The molecule has 39 heavy (non-hydrogen) atoms. The van der Waals surface area contributed by atoms with E-state index in [1.54, 1.807) is 12.1 Å². The summed E-state index contributed by atoms with van der Waals surface area (Å²) >= 11 is 1.17. The molecule has 0 aliphatic heterocycles. The summed E-state index contributed by atoms with van der Waals surface area (Å²) in [6.45, 7) is 3.76. The Morgan fingerprint density at radius 2 is 1.46 bits per heavy atom. The fourth-order valence-corrected chi connectivity index (χ4v) is 7.72. The Morgan fingerprint density at radius 1 is 0.923 bits per heavy atom. The lowest BCUT2D eigenvalue weighted by Crippen LogP contribution is -2.57. The molecule has 13 heteroatoms. The summed E-state index contributed by atoms with van der Waals surface area (Å²) in [7, 11) is 0. The first-order valence-electron chi connectivity index (χ1n) is 12.8. The van der Waals surface area contributed by atoms with Crippen molar-refractivity contribution in [2.45, 2.75) is 94.2 Å². The second kappa shape index (κ2) is 11.2. The van der Waals surface area contributed by atoms with E-state index in [9.17, 15) is 31.1 Å². The largest absolute Gasteiger partial charge is 0.459 e. The van der Waals surface area contributed by atoms with Crippen LogP contribution >= 0.6 is 24.1 Å². The number of rotatable bonds is 13. The fourth-order valence-electron chi connectivity index (χ4n) is 6.55. The summed E-state index contributed by atoms with van der Waals surface area (Å²) in [5, 5.41) is 0. The van der Waals surface area contributed by atoms with Crippen LogP contribution in [0, 0.1) is 23.2 Å². The van der Waals surface area contributed by atoms with Gasteiger partial charge in [-0.15, -0.1) is 21.0 Å². The molecule has 4 saturated carbocycles. The summed E-state index contributed by atoms with van der Waals surface area (Å²) < 4.78 is 92.8. The molecule has 5 nitrogen and oxygen atoms in total. The van der Waals surface area contributed by atoms with Crippen molar-refractivity contribution in [2.24, 2.45) is 23.2 Å². The van der Waals surface area contributed by atoms with Gasteiger partial charge in [0.15, 0.2) is 0 Å². The number of hydrogen-bond donors (Lipinski definition) is 0. The molecule has 5 rings (SSSR count). The number of alkyl halides is 6. The molecule has 4 fully saturated rings. The van der Waals surface area contributed by atoms with Crippen LogP contribution in [0.5, 0.6) is 5.75 Å². The number of carbonyl (C=O) groups is 1. The van der Waals surface area contributed by atoms with Crippen molar-refractivity contribution in [3.05, 3.63) is 24.3 Å². The Labute approximate surface area is 232 Å². The molecule has 220 valence electrons. The second-order valence-electron chi connectivity index (χ2n) is 11.5. The monoisotopic (exact) mass is 602 g/mol. The standard InChI is InChI=1S/C26H32F6O5S2/c1-22(2,24-13-16-10-17(14-24)12-18(11-16)15-24)34-21(33)8-9-38-20-6-4-19(5-7-20)35-39-37-36-26(31,32)25(29,30)23(3,27)28/h4-7,16-18H,8-15H2,1-3H3. The van der Waals surface area contributed by atoms with Gasteiger partial charge in [0.25, 0.3) is 12.3 Å². The summed E-state index contributed by atoms with van der Waals surface area (Å²) in [5.74, 6) is -8.22. The van der Waals surface area contributed by atoms with Gasteiger partial charge in [0, 0.05) is 23.0 Å². The van der Waals surface area contributed by atoms with Gasteiger partial charge in [0.2, 0.25) is 0 Å². The Balaban J connectivity index is 1.17. The maximum absolute atomic E-state index is 13.2. The molecular weight excluding hydrogens is 570 g/mol. The molecule has 0 saturated heterocycles. The zero-order valence-electron chi connectivity index (χ0n) is 21.8. The second-order valence-corrected chi connectivity index (χ2v) is 13.1. The smallest absolute Gasteiger partial charge is 0.452 e. The molecule has 0 spiro atoms. The highest BCUT2D eigenvalue weighted by atomic mass is 32.2. The molecule has 0 atom stereocenters. The number of benzene rings is 1. The van der Waals surface area contributed by atoms with Crippen LogP contribution in [0.15, 0.2) is 29.2 Å². The maximum Gasteiger partial charge on any atom is 0.452 e. The Morgan fingerprint density at radius 3 is 1.97 bits per heavy atom. The van der Waals surface area contributed by atoms with Gasteiger partial charge in [-0.05, 0) is 94.4 Å². The fraction of sp³-hybridized carbons (Fsp3) is 0.731. The number of carbonyl (C=O) groups excluding carboxylic acids is 1. The van der Waals surface area contributed by atoms with Crippen LogP contribution in [0.4, 0.5) is 26.3 Å². The molecule has 4 bridgehead atoms. The molecular formula is C26H32F6O5S2. The van der Waals surface area contributed by atoms with Crippen LogP contribution in [0.3, 0.4) is 0 Å². The van der Waals surface area contributed by atoms with Gasteiger partial charge in [-0.3, -0.25) is 4.79 Å². The van der Waals surface area contributed by atoms with Crippen LogP contribution in [-0.4, -0.2) is 35.3 Å². The normalized spacial score (nSPS) is 27.1. The van der Waals surface area contributed by atoms with E-state index in [0.29, 0.717) is 5.75 Å². The van der Waals surface area contributed by atoms with E-state index in [-0.39, 0.29) is 42.8 Å². The van der Waals surface area contributed by atoms with Crippen LogP contribution < -0.4 is 4.18 Å². The highest BCUT2D eigenvalue weighted by Crippen LogP contribution is 2.64. The van der Waals surface area contributed by atoms with Crippen LogP contribution in [0.2, 0.25) is 0 Å². The van der Waals surface area contributed by atoms with Gasteiger partial charge in [-0.25, -0.2) is 0 Å². The van der Waals surface area contributed by atoms with Crippen molar-refractivity contribution in [1.29, 1.82) is 0 Å². The minimum Gasteiger partial charge on any atom is -0.459 e. The number of ether oxygens (including phenoxy) is 1. The average molecular weight is 603 g/mol. The van der Waals surface area contributed by atoms with Gasteiger partial charge in [-0.1, -0.05) is 0 Å². The van der Waals surface area contributed by atoms with Crippen molar-refractivity contribution >= 4 is 30.1 Å². The lowest BCUT2D eigenvalue weighted by molar-refractivity contribution is -0.470. The molecule has 0 aromatic heterocycles. The van der Waals surface area contributed by atoms with Crippen LogP contribution in [-0.2, 0) is 18.8 Å². The number of esters is 1. The minimum atomic E-state index is -5.80. The highest BCUT2D eigenvalue weighted by molar-refractivity contribution is 7.99. The van der Waals surface area contributed by atoms with Crippen molar-refractivity contribution in [3.8, 4) is 5.75 Å². The molecule has 0 heterocycles. The van der Waals surface area contributed by atoms with E-state index < -0.39 is 23.6 Å². The van der Waals surface area contributed by atoms with E-state index in [1.165, 1.54) is 43.2 Å². The van der Waals surface area contributed by atoms with Crippen LogP contribution in [0.1, 0.15) is 65.7 Å². The predicted octanol–water partition coefficient (Wildman–Crippen LogP) is 8.48. The quantitative estimate of drug-likeness (QED) is 0.0427. The lowest BCUT2D eigenvalue weighted by atomic mass is 9.46. The van der Waals surface area contributed by atoms with Crippen molar-refractivity contribution in [1.82, 2.24) is 0 Å². The Kier molecular flexibility index (Phi) is 8.78. The Hall–Kier alpha value is -1.31. The summed E-state index contributed by atoms with van der Waals surface area (Å²) in [5.41, 5.74) is -0.435. The first-order valence-corrected chi connectivity index (χ1v) is 14.5. The Bertz CT molecular complexity index is 980. The molecule has 4 aliphatic carbocycles. The van der Waals surface area contributed by atoms with Gasteiger partial charge in [0.05, 0.1) is 6.42 Å². The first-order chi connectivity index (χ1) is 18.0. The van der Waals surface area contributed by atoms with Gasteiger partial charge in [-0.2, -0.15) is 26.3 Å². The number of halogens is 6. The van der Waals surface area contributed by atoms with Gasteiger partial charge >= 0.3 is 23.9 Å². The molecule has 1 aromatic rings. The summed E-state index contributed by atoms with van der Waals surface area (Å²) in [6, 6.07) is 6.15. The van der Waals surface area contributed by atoms with E-state index in [4.69, 9.17) is 8.92 Å². The minimum absolute atomic E-state index is 0.0744. The van der Waals surface area contributed by atoms with Crippen molar-refractivity contribution in [3.63, 3.8) is 0 Å². The molecule has 0 radical (unpaired) electrons. The van der Waals surface area contributed by atoms with E-state index in [0.717, 1.165) is 41.9 Å². The molecule has 1 aromatic carbocycles. The van der Waals surface area contributed by atoms with Gasteiger partial charge in [0.1, 0.15) is 11.4 Å². The molecule has 0 N–H and O–H groups in total. The SMILES string of the molecule is CC(F)(F)C(F)(F)C(F)(F)OOSOc1ccc(SCCC(=O)OC(C)(C)C23CC4CC(CC(C4)C2)C3)cc1. The average Bonchev–Trinajstić information content (AvgIpc) is 2.81. The van der Waals surface area contributed by atoms with E-state index >= 15 is 0 Å². The van der Waals surface area contributed by atoms with Gasteiger partial charge < -0.3 is 8.92 Å². The third-order valence-corrected chi connectivity index (χ3v) is 9.69. The van der Waals surface area contributed by atoms with Crippen molar-refractivity contribution in [2.75, 3.05) is 5.75 Å². The third-order valence-electron chi connectivity index (χ3n) is 8.30. The van der Waals surface area contributed by atoms with Crippen LogP contribution in [0.25, 0.3) is 0 Å². The van der Waals surface area contributed by atoms with Crippen molar-refractivity contribution < 1.29 is 49.3 Å².